The number of amides is 1. The van der Waals surface area contributed by atoms with Crippen LogP contribution in [-0.2, 0) is 4.79 Å². The van der Waals surface area contributed by atoms with Gasteiger partial charge >= 0.3 is 0 Å². The fourth-order valence-electron chi connectivity index (χ4n) is 3.59. The standard InChI is InChI=1S/C21H15F2N5O/c1-3-16-20-17(26-25-16)9-14(22)10(2)19(20)11-4-5-28-12(6-11)7-18(27-28)24-21(29)13-8-15(13)23/h1,4-7,9,13,15H,8H2,2H3,(H,25,26)(H,24,27,29)/t13-,15+/m1/s1. The largest absolute Gasteiger partial charge is 0.309 e. The molecule has 5 rings (SSSR count). The number of H-pyrrole nitrogens is 1. The molecule has 0 aliphatic heterocycles. The van der Waals surface area contributed by atoms with E-state index in [0.29, 0.717) is 39.1 Å². The van der Waals surface area contributed by atoms with Gasteiger partial charge in [-0.25, -0.2) is 13.3 Å². The predicted molar refractivity (Wildman–Crippen MR) is 105 cm³/mol. The van der Waals surface area contributed by atoms with Crippen LogP contribution in [0.15, 0.2) is 30.5 Å². The molecule has 1 amide bonds. The number of nitrogens with one attached hydrogen (secondary N) is 2. The van der Waals surface area contributed by atoms with Gasteiger partial charge in [0.05, 0.1) is 17.0 Å². The molecule has 0 bridgehead atoms. The summed E-state index contributed by atoms with van der Waals surface area (Å²) in [5, 5.41) is 14.5. The van der Waals surface area contributed by atoms with Crippen molar-refractivity contribution in [2.45, 2.75) is 19.5 Å². The molecule has 1 aliphatic rings. The molecule has 1 aliphatic carbocycles. The van der Waals surface area contributed by atoms with Gasteiger partial charge < -0.3 is 5.32 Å². The summed E-state index contributed by atoms with van der Waals surface area (Å²) in [5.41, 5.74) is 3.45. The molecule has 0 saturated heterocycles. The highest BCUT2D eigenvalue weighted by Crippen LogP contribution is 2.36. The van der Waals surface area contributed by atoms with E-state index in [4.69, 9.17) is 6.42 Å². The number of hydrogen-bond acceptors (Lipinski definition) is 3. The Balaban J connectivity index is 1.61. The van der Waals surface area contributed by atoms with E-state index < -0.39 is 12.1 Å². The number of nitrogens with zero attached hydrogens (tertiary/aromatic N) is 3. The van der Waals surface area contributed by atoms with E-state index in [0.717, 1.165) is 5.56 Å². The van der Waals surface area contributed by atoms with Crippen LogP contribution in [0.5, 0.6) is 0 Å². The Morgan fingerprint density at radius 3 is 2.93 bits per heavy atom. The Labute approximate surface area is 163 Å². The lowest BCUT2D eigenvalue weighted by Gasteiger charge is -2.10. The van der Waals surface area contributed by atoms with Crippen molar-refractivity contribution < 1.29 is 13.6 Å². The molecule has 1 aromatic carbocycles. The lowest BCUT2D eigenvalue weighted by Crippen LogP contribution is -2.15. The summed E-state index contributed by atoms with van der Waals surface area (Å²) in [6, 6.07) is 6.67. The average molecular weight is 391 g/mol. The van der Waals surface area contributed by atoms with Crippen molar-refractivity contribution in [3.05, 3.63) is 47.5 Å². The number of rotatable bonds is 3. The monoisotopic (exact) mass is 391 g/mol. The van der Waals surface area contributed by atoms with E-state index >= 15 is 0 Å². The van der Waals surface area contributed by atoms with Gasteiger partial charge in [0, 0.05) is 17.6 Å². The van der Waals surface area contributed by atoms with Crippen LogP contribution < -0.4 is 5.32 Å². The van der Waals surface area contributed by atoms with E-state index in [9.17, 15) is 13.6 Å². The van der Waals surface area contributed by atoms with Gasteiger partial charge in [-0.3, -0.25) is 9.89 Å². The van der Waals surface area contributed by atoms with Crippen LogP contribution in [0.25, 0.3) is 27.5 Å². The Morgan fingerprint density at radius 2 is 2.21 bits per heavy atom. The molecule has 0 spiro atoms. The molecule has 144 valence electrons. The Bertz CT molecular complexity index is 1350. The molecular formula is C21H15F2N5O. The van der Waals surface area contributed by atoms with Gasteiger partial charge in [0.2, 0.25) is 5.91 Å². The molecule has 29 heavy (non-hydrogen) atoms. The van der Waals surface area contributed by atoms with E-state index in [1.807, 2.05) is 6.07 Å². The summed E-state index contributed by atoms with van der Waals surface area (Å²) < 4.78 is 29.1. The molecule has 4 aromatic rings. The first-order valence-electron chi connectivity index (χ1n) is 9.05. The third-order valence-electron chi connectivity index (χ3n) is 5.24. The second-order valence-electron chi connectivity index (χ2n) is 7.16. The molecule has 1 fully saturated rings. The zero-order valence-electron chi connectivity index (χ0n) is 15.3. The number of halogens is 2. The minimum atomic E-state index is -1.07. The van der Waals surface area contributed by atoms with Crippen molar-refractivity contribution in [2.75, 3.05) is 5.32 Å². The number of aromatic nitrogens is 4. The Kier molecular flexibility index (Phi) is 3.68. The summed E-state index contributed by atoms with van der Waals surface area (Å²) in [7, 11) is 0. The van der Waals surface area contributed by atoms with Crippen LogP contribution >= 0.6 is 0 Å². The summed E-state index contributed by atoms with van der Waals surface area (Å²) in [4.78, 5) is 11.9. The van der Waals surface area contributed by atoms with Crippen LogP contribution in [0.1, 0.15) is 17.7 Å². The molecule has 0 radical (unpaired) electrons. The van der Waals surface area contributed by atoms with Gasteiger partial charge in [-0.05, 0) is 54.2 Å². The number of anilines is 1. The van der Waals surface area contributed by atoms with Gasteiger partial charge in [-0.15, -0.1) is 6.42 Å². The smallest absolute Gasteiger partial charge is 0.231 e. The number of alkyl halides is 1. The molecule has 6 nitrogen and oxygen atoms in total. The first kappa shape index (κ1) is 17.4. The topological polar surface area (TPSA) is 75.1 Å². The van der Waals surface area contributed by atoms with Crippen molar-refractivity contribution >= 4 is 28.1 Å². The number of hydrogen-bond donors (Lipinski definition) is 2. The van der Waals surface area contributed by atoms with Gasteiger partial charge in [-0.2, -0.15) is 10.2 Å². The van der Waals surface area contributed by atoms with Gasteiger partial charge in [-0.1, -0.05) is 0 Å². The molecule has 2 N–H and O–H groups in total. The Morgan fingerprint density at radius 1 is 1.41 bits per heavy atom. The second kappa shape index (κ2) is 6.14. The summed E-state index contributed by atoms with van der Waals surface area (Å²) in [6.45, 7) is 1.69. The van der Waals surface area contributed by atoms with Crippen molar-refractivity contribution in [3.8, 4) is 23.5 Å². The molecular weight excluding hydrogens is 376 g/mol. The molecule has 1 saturated carbocycles. The van der Waals surface area contributed by atoms with Gasteiger partial charge in [0.15, 0.2) is 5.82 Å². The average Bonchev–Trinajstić information content (AvgIpc) is 3.10. The zero-order valence-corrected chi connectivity index (χ0v) is 15.3. The predicted octanol–water partition coefficient (Wildman–Crippen LogP) is 3.60. The van der Waals surface area contributed by atoms with Crippen molar-refractivity contribution in [1.29, 1.82) is 0 Å². The quantitative estimate of drug-likeness (QED) is 0.524. The summed E-state index contributed by atoms with van der Waals surface area (Å²) >= 11 is 0. The van der Waals surface area contributed by atoms with Crippen molar-refractivity contribution in [3.63, 3.8) is 0 Å². The maximum absolute atomic E-state index is 14.5. The molecule has 2 atom stereocenters. The number of benzene rings is 1. The van der Waals surface area contributed by atoms with Crippen LogP contribution in [0.2, 0.25) is 0 Å². The Hall–Kier alpha value is -3.73. The third-order valence-corrected chi connectivity index (χ3v) is 5.24. The second-order valence-corrected chi connectivity index (χ2v) is 7.16. The first-order valence-corrected chi connectivity index (χ1v) is 9.05. The van der Waals surface area contributed by atoms with Crippen LogP contribution in [0, 0.1) is 31.0 Å². The fourth-order valence-corrected chi connectivity index (χ4v) is 3.59. The summed E-state index contributed by atoms with van der Waals surface area (Å²) in [6.07, 6.45) is 6.46. The SMILES string of the molecule is C#Cc1n[nH]c2cc(F)c(C)c(-c3ccn4nc(NC(=O)[C@@H]5C[C@@H]5F)cc4c3)c12. The highest BCUT2D eigenvalue weighted by molar-refractivity contribution is 6.00. The fraction of sp³-hybridized carbons (Fsp3) is 0.190. The maximum Gasteiger partial charge on any atom is 0.231 e. The van der Waals surface area contributed by atoms with Crippen LogP contribution in [0.4, 0.5) is 14.6 Å². The van der Waals surface area contributed by atoms with E-state index in [-0.39, 0.29) is 18.1 Å². The lowest BCUT2D eigenvalue weighted by atomic mass is 9.95. The van der Waals surface area contributed by atoms with Gasteiger partial charge in [0.25, 0.3) is 0 Å². The maximum atomic E-state index is 14.5. The number of carbonyl (C=O) groups excluding carboxylic acids is 1. The number of aromatic amines is 1. The van der Waals surface area contributed by atoms with Crippen LogP contribution in [-0.4, -0.2) is 31.9 Å². The first-order chi connectivity index (χ1) is 14.0. The molecule has 0 unspecified atom stereocenters. The van der Waals surface area contributed by atoms with E-state index in [2.05, 4.69) is 26.5 Å². The number of terminal acetylenes is 1. The minimum absolute atomic E-state index is 0.250. The molecule has 8 heteroatoms. The minimum Gasteiger partial charge on any atom is -0.309 e. The molecule has 3 aromatic heterocycles. The van der Waals surface area contributed by atoms with E-state index in [1.165, 1.54) is 6.07 Å². The van der Waals surface area contributed by atoms with Gasteiger partial charge in [0.1, 0.15) is 17.7 Å². The normalized spacial score (nSPS) is 18.1. The number of fused-ring (bicyclic) bond motifs is 2. The number of carbonyl (C=O) groups is 1. The number of pyridine rings is 1. The lowest BCUT2D eigenvalue weighted by molar-refractivity contribution is -0.117. The van der Waals surface area contributed by atoms with Crippen molar-refractivity contribution in [2.24, 2.45) is 5.92 Å². The van der Waals surface area contributed by atoms with Crippen molar-refractivity contribution in [1.82, 2.24) is 19.8 Å². The van der Waals surface area contributed by atoms with Crippen LogP contribution in [0.3, 0.4) is 0 Å². The van der Waals surface area contributed by atoms with E-state index in [1.54, 1.807) is 29.8 Å². The summed E-state index contributed by atoms with van der Waals surface area (Å²) in [5.74, 6) is 1.52. The molecule has 3 heterocycles. The highest BCUT2D eigenvalue weighted by atomic mass is 19.1. The highest BCUT2D eigenvalue weighted by Gasteiger charge is 2.43. The zero-order chi connectivity index (χ0) is 20.3. The third kappa shape index (κ3) is 2.74.